The van der Waals surface area contributed by atoms with Crippen molar-refractivity contribution in [2.75, 3.05) is 24.6 Å². The van der Waals surface area contributed by atoms with Crippen LogP contribution in [0.2, 0.25) is 5.02 Å². The van der Waals surface area contributed by atoms with E-state index in [9.17, 15) is 13.6 Å². The standard InChI is InChI=1S/C21H19ClF2N4O3/c22-18-9-15(3-6-17(18)19-12-25-7-8-30-19)28(20(29)13-10-26-27-11-13)14-1-4-16(5-2-14)31-21(23)24/h1-6,9-11,19,21,25H,7-8,12H2,(H,26,27)/t19-/m1/s1. The molecular formula is C21H19ClF2N4O3. The van der Waals surface area contributed by atoms with E-state index in [2.05, 4.69) is 20.3 Å². The number of amides is 1. The Hall–Kier alpha value is -3.01. The van der Waals surface area contributed by atoms with Crippen LogP contribution in [-0.4, -0.2) is 42.4 Å². The van der Waals surface area contributed by atoms with Gasteiger partial charge in [0.15, 0.2) is 0 Å². The molecule has 1 fully saturated rings. The minimum atomic E-state index is -2.93. The largest absolute Gasteiger partial charge is 0.435 e. The van der Waals surface area contributed by atoms with Crippen molar-refractivity contribution in [2.24, 2.45) is 0 Å². The van der Waals surface area contributed by atoms with Gasteiger partial charge in [-0.1, -0.05) is 17.7 Å². The lowest BCUT2D eigenvalue weighted by Crippen LogP contribution is -2.33. The smallest absolute Gasteiger partial charge is 0.387 e. The first-order valence-corrected chi connectivity index (χ1v) is 9.90. The fourth-order valence-electron chi connectivity index (χ4n) is 3.34. The number of aromatic nitrogens is 2. The molecule has 10 heteroatoms. The molecule has 162 valence electrons. The summed E-state index contributed by atoms with van der Waals surface area (Å²) in [6.45, 7) is -0.925. The second kappa shape index (κ2) is 9.42. The molecule has 31 heavy (non-hydrogen) atoms. The molecule has 1 atom stereocenters. The van der Waals surface area contributed by atoms with Gasteiger partial charge in [-0.15, -0.1) is 0 Å². The number of H-pyrrole nitrogens is 1. The van der Waals surface area contributed by atoms with Gasteiger partial charge in [-0.2, -0.15) is 13.9 Å². The molecule has 4 rings (SSSR count). The molecule has 2 heterocycles. The number of hydrogen-bond donors (Lipinski definition) is 2. The van der Waals surface area contributed by atoms with E-state index in [1.54, 1.807) is 12.1 Å². The average Bonchev–Trinajstić information content (AvgIpc) is 3.30. The van der Waals surface area contributed by atoms with Crippen LogP contribution in [0, 0.1) is 0 Å². The van der Waals surface area contributed by atoms with E-state index in [-0.39, 0.29) is 17.8 Å². The highest BCUT2D eigenvalue weighted by Crippen LogP contribution is 2.35. The second-order valence-corrected chi connectivity index (χ2v) is 7.18. The van der Waals surface area contributed by atoms with Crippen molar-refractivity contribution in [1.29, 1.82) is 0 Å². The molecule has 3 aromatic rings. The summed E-state index contributed by atoms with van der Waals surface area (Å²) in [5.74, 6) is -0.375. The summed E-state index contributed by atoms with van der Waals surface area (Å²) in [7, 11) is 0. The molecular weight excluding hydrogens is 430 g/mol. The molecule has 1 aromatic heterocycles. The Kier molecular flexibility index (Phi) is 6.45. The van der Waals surface area contributed by atoms with E-state index in [4.69, 9.17) is 16.3 Å². The third-order valence-electron chi connectivity index (χ3n) is 4.79. The van der Waals surface area contributed by atoms with E-state index in [1.165, 1.54) is 41.6 Å². The Morgan fingerprint density at radius 2 is 2.00 bits per heavy atom. The molecule has 0 unspecified atom stereocenters. The fraction of sp³-hybridized carbons (Fsp3) is 0.238. The van der Waals surface area contributed by atoms with E-state index in [1.807, 2.05) is 6.07 Å². The van der Waals surface area contributed by atoms with Crippen LogP contribution in [0.5, 0.6) is 5.75 Å². The Bertz CT molecular complexity index is 1030. The van der Waals surface area contributed by atoms with E-state index >= 15 is 0 Å². The minimum Gasteiger partial charge on any atom is -0.435 e. The van der Waals surface area contributed by atoms with Gasteiger partial charge >= 0.3 is 6.61 Å². The van der Waals surface area contributed by atoms with Gasteiger partial charge in [-0.3, -0.25) is 14.8 Å². The average molecular weight is 449 g/mol. The molecule has 0 aliphatic carbocycles. The highest BCUT2D eigenvalue weighted by Gasteiger charge is 2.24. The molecule has 0 saturated carbocycles. The number of nitrogens with zero attached hydrogens (tertiary/aromatic N) is 2. The van der Waals surface area contributed by atoms with Crippen molar-refractivity contribution < 1.29 is 23.0 Å². The minimum absolute atomic E-state index is 0.00946. The number of ether oxygens (including phenoxy) is 2. The molecule has 1 aliphatic heterocycles. The summed E-state index contributed by atoms with van der Waals surface area (Å²) in [6, 6.07) is 11.0. The Morgan fingerprint density at radius 1 is 1.23 bits per heavy atom. The summed E-state index contributed by atoms with van der Waals surface area (Å²) in [5.41, 5.74) is 2.10. The summed E-state index contributed by atoms with van der Waals surface area (Å²) < 4.78 is 35.1. The number of alkyl halides is 2. The molecule has 1 amide bonds. The normalized spacial score (nSPS) is 16.3. The summed E-state index contributed by atoms with van der Waals surface area (Å²) in [6.07, 6.45) is 2.70. The third kappa shape index (κ3) is 4.84. The Morgan fingerprint density at radius 3 is 2.61 bits per heavy atom. The van der Waals surface area contributed by atoms with Crippen molar-refractivity contribution in [3.05, 3.63) is 71.0 Å². The first-order valence-electron chi connectivity index (χ1n) is 9.53. The molecule has 0 radical (unpaired) electrons. The maximum absolute atomic E-state index is 13.2. The van der Waals surface area contributed by atoms with E-state index < -0.39 is 6.61 Å². The van der Waals surface area contributed by atoms with Crippen LogP contribution < -0.4 is 15.0 Å². The lowest BCUT2D eigenvalue weighted by molar-refractivity contribution is -0.0498. The lowest BCUT2D eigenvalue weighted by Gasteiger charge is -2.27. The number of hydrogen-bond acceptors (Lipinski definition) is 5. The van der Waals surface area contributed by atoms with Gasteiger partial charge < -0.3 is 14.8 Å². The van der Waals surface area contributed by atoms with Crippen LogP contribution in [0.1, 0.15) is 22.0 Å². The highest BCUT2D eigenvalue weighted by atomic mass is 35.5. The maximum Gasteiger partial charge on any atom is 0.387 e. The highest BCUT2D eigenvalue weighted by molar-refractivity contribution is 6.32. The monoisotopic (exact) mass is 448 g/mol. The fourth-order valence-corrected chi connectivity index (χ4v) is 3.64. The maximum atomic E-state index is 13.2. The molecule has 1 aliphatic rings. The summed E-state index contributed by atoms with van der Waals surface area (Å²) >= 11 is 6.54. The van der Waals surface area contributed by atoms with Crippen molar-refractivity contribution in [2.45, 2.75) is 12.7 Å². The van der Waals surface area contributed by atoms with Crippen molar-refractivity contribution in [3.63, 3.8) is 0 Å². The number of anilines is 2. The zero-order valence-corrected chi connectivity index (χ0v) is 17.0. The summed E-state index contributed by atoms with van der Waals surface area (Å²) in [5, 5.41) is 10.1. The van der Waals surface area contributed by atoms with E-state index in [0.29, 0.717) is 35.1 Å². The van der Waals surface area contributed by atoms with Crippen LogP contribution in [0.25, 0.3) is 0 Å². The number of morpholine rings is 1. The predicted molar refractivity (Wildman–Crippen MR) is 111 cm³/mol. The van der Waals surface area contributed by atoms with Gasteiger partial charge in [0.25, 0.3) is 5.91 Å². The molecule has 7 nitrogen and oxygen atoms in total. The number of halogens is 3. The van der Waals surface area contributed by atoms with Crippen LogP contribution in [0.3, 0.4) is 0 Å². The molecule has 2 aromatic carbocycles. The number of carbonyl (C=O) groups excluding carboxylic acids is 1. The zero-order valence-electron chi connectivity index (χ0n) is 16.2. The molecule has 0 bridgehead atoms. The predicted octanol–water partition coefficient (Wildman–Crippen LogP) is 4.30. The quantitative estimate of drug-likeness (QED) is 0.587. The van der Waals surface area contributed by atoms with Gasteiger partial charge in [-0.25, -0.2) is 0 Å². The van der Waals surface area contributed by atoms with Crippen LogP contribution in [0.4, 0.5) is 20.2 Å². The Balaban J connectivity index is 1.69. The number of rotatable bonds is 6. The molecule has 2 N–H and O–H groups in total. The first-order chi connectivity index (χ1) is 15.0. The van der Waals surface area contributed by atoms with Gasteiger partial charge in [0.2, 0.25) is 0 Å². The topological polar surface area (TPSA) is 79.5 Å². The second-order valence-electron chi connectivity index (χ2n) is 6.77. The van der Waals surface area contributed by atoms with Crippen LogP contribution in [0.15, 0.2) is 54.9 Å². The van der Waals surface area contributed by atoms with Gasteiger partial charge in [0, 0.05) is 35.6 Å². The third-order valence-corrected chi connectivity index (χ3v) is 5.11. The SMILES string of the molecule is O=C(c1cn[nH]c1)N(c1ccc(OC(F)F)cc1)c1ccc([C@H]2CNCCO2)c(Cl)c1. The van der Waals surface area contributed by atoms with Crippen molar-refractivity contribution in [3.8, 4) is 5.75 Å². The Labute approximate surface area is 181 Å². The first kappa shape index (κ1) is 21.2. The van der Waals surface area contributed by atoms with Crippen LogP contribution >= 0.6 is 11.6 Å². The number of nitrogens with one attached hydrogen (secondary N) is 2. The van der Waals surface area contributed by atoms with Crippen LogP contribution in [-0.2, 0) is 4.74 Å². The number of aromatic amines is 1. The number of carbonyl (C=O) groups is 1. The van der Waals surface area contributed by atoms with Crippen molar-refractivity contribution >= 4 is 28.9 Å². The number of benzene rings is 2. The molecule has 0 spiro atoms. The lowest BCUT2D eigenvalue weighted by atomic mass is 10.1. The zero-order chi connectivity index (χ0) is 21.8. The van der Waals surface area contributed by atoms with E-state index in [0.717, 1.165) is 12.1 Å². The summed E-state index contributed by atoms with van der Waals surface area (Å²) in [4.78, 5) is 14.6. The van der Waals surface area contributed by atoms with Gasteiger partial charge in [0.1, 0.15) is 5.75 Å². The molecule has 1 saturated heterocycles. The van der Waals surface area contributed by atoms with Gasteiger partial charge in [-0.05, 0) is 36.4 Å². The van der Waals surface area contributed by atoms with Crippen molar-refractivity contribution in [1.82, 2.24) is 15.5 Å². The van der Waals surface area contributed by atoms with Gasteiger partial charge in [0.05, 0.1) is 30.2 Å².